The molecule has 4 fully saturated rings. The van der Waals surface area contributed by atoms with Crippen LogP contribution in [0.3, 0.4) is 0 Å². The normalized spacial score (nSPS) is 37.2. The second kappa shape index (κ2) is 6.45. The van der Waals surface area contributed by atoms with Crippen molar-refractivity contribution in [3.05, 3.63) is 50.0 Å². The number of pyridine rings is 1. The summed E-state index contributed by atoms with van der Waals surface area (Å²) in [7, 11) is 0. The van der Waals surface area contributed by atoms with Crippen molar-refractivity contribution < 1.29 is 14.4 Å². The summed E-state index contributed by atoms with van der Waals surface area (Å²) in [5.41, 5.74) is -0.416. The minimum atomic E-state index is -1.39. The number of rotatable bonds is 1. The third-order valence-electron chi connectivity index (χ3n) is 8.32. The van der Waals surface area contributed by atoms with Gasteiger partial charge in [-0.15, -0.1) is 0 Å². The Balaban J connectivity index is 1.47. The van der Waals surface area contributed by atoms with Crippen molar-refractivity contribution >= 4 is 75.6 Å². The molecule has 0 bridgehead atoms. The molecule has 6 atom stereocenters. The van der Waals surface area contributed by atoms with Gasteiger partial charge in [0.25, 0.3) is 5.91 Å². The predicted octanol–water partition coefficient (Wildman–Crippen LogP) is 4.51. The highest BCUT2D eigenvalue weighted by Gasteiger charge is 2.81. The number of piperidine rings is 1. The van der Waals surface area contributed by atoms with E-state index in [0.717, 1.165) is 11.3 Å². The molecule has 1 aliphatic carbocycles. The Morgan fingerprint density at radius 2 is 1.74 bits per heavy atom. The number of carbonyl (C=O) groups excluding carboxylic acids is 3. The number of fused-ring (bicyclic) bond motifs is 9. The molecule has 2 aromatic rings. The third-order valence-corrected chi connectivity index (χ3v) is 9.25. The van der Waals surface area contributed by atoms with Gasteiger partial charge in [-0.1, -0.05) is 53.3 Å². The molecule has 0 radical (unpaired) electrons. The Bertz CT molecular complexity index is 1360. The maximum atomic E-state index is 14.0. The molecule has 5 heterocycles. The molecule has 7 nitrogen and oxygen atoms in total. The molecular formula is C23H16Cl4N4O3. The molecule has 3 amide bonds. The third kappa shape index (κ3) is 2.35. The standard InChI is InChI=1S/C23H16Cl4N4O3/c1-22-6-12-16-17(20(33)30(19(16)32)15-5-9(25)4-14(27)28-15)23(31(12)13(22)7-22)10-2-8(24)3-11(26)18(10)29-21(23)34/h2-5,12-13,16-17H,6-7H2,1H3,(H,29,34)/t12?,13?,16?,17?,22-,23?/m1/s1. The lowest BCUT2D eigenvalue weighted by atomic mass is 9.75. The van der Waals surface area contributed by atoms with E-state index in [9.17, 15) is 14.4 Å². The van der Waals surface area contributed by atoms with Crippen LogP contribution in [0.5, 0.6) is 0 Å². The fraction of sp³-hybridized carbons (Fsp3) is 0.391. The van der Waals surface area contributed by atoms with E-state index in [1.54, 1.807) is 12.1 Å². The summed E-state index contributed by atoms with van der Waals surface area (Å²) >= 11 is 25.1. The van der Waals surface area contributed by atoms with E-state index in [0.29, 0.717) is 27.7 Å². The summed E-state index contributed by atoms with van der Waals surface area (Å²) in [6.45, 7) is 2.16. The topological polar surface area (TPSA) is 82.6 Å². The highest BCUT2D eigenvalue weighted by molar-refractivity contribution is 6.38. The van der Waals surface area contributed by atoms with Gasteiger partial charge in [0.2, 0.25) is 11.8 Å². The second-order valence-corrected chi connectivity index (χ2v) is 11.7. The molecule has 1 saturated carbocycles. The summed E-state index contributed by atoms with van der Waals surface area (Å²) in [5.74, 6) is -2.87. The van der Waals surface area contributed by atoms with Crippen LogP contribution < -0.4 is 10.2 Å². The van der Waals surface area contributed by atoms with E-state index in [1.165, 1.54) is 12.1 Å². The van der Waals surface area contributed by atoms with E-state index in [4.69, 9.17) is 46.4 Å². The van der Waals surface area contributed by atoms with Gasteiger partial charge < -0.3 is 5.32 Å². The van der Waals surface area contributed by atoms with Crippen molar-refractivity contribution in [2.24, 2.45) is 17.3 Å². The number of aromatic nitrogens is 1. The van der Waals surface area contributed by atoms with E-state index < -0.39 is 29.2 Å². The molecular weight excluding hydrogens is 522 g/mol. The Labute approximate surface area is 214 Å². The number of hydrogen-bond donors (Lipinski definition) is 1. The number of hydrogen-bond acceptors (Lipinski definition) is 5. The van der Waals surface area contributed by atoms with Crippen LogP contribution in [0.15, 0.2) is 24.3 Å². The van der Waals surface area contributed by atoms with Crippen LogP contribution in [0, 0.1) is 17.3 Å². The van der Waals surface area contributed by atoms with Crippen LogP contribution in [0.1, 0.15) is 25.3 Å². The van der Waals surface area contributed by atoms with Gasteiger partial charge in [-0.2, -0.15) is 0 Å². The molecule has 11 heteroatoms. The summed E-state index contributed by atoms with van der Waals surface area (Å²) in [6.07, 6.45) is 1.62. The lowest BCUT2D eigenvalue weighted by Gasteiger charge is -2.38. The summed E-state index contributed by atoms with van der Waals surface area (Å²) in [4.78, 5) is 49.1. The largest absolute Gasteiger partial charge is 0.323 e. The first kappa shape index (κ1) is 21.4. The van der Waals surface area contributed by atoms with Gasteiger partial charge in [-0.05, 0) is 36.5 Å². The number of anilines is 2. The summed E-state index contributed by atoms with van der Waals surface area (Å²) in [6, 6.07) is 5.91. The minimum absolute atomic E-state index is 0.0115. The Morgan fingerprint density at radius 3 is 2.47 bits per heavy atom. The first-order chi connectivity index (χ1) is 16.1. The number of nitrogens with one attached hydrogen (secondary N) is 1. The SMILES string of the molecule is C[C@]12CC3C4C(=O)N(c5cc(Cl)cc(Cl)n5)C(=O)C4C4(C(=O)Nc5c(Cl)cc(Cl)cc54)N3C1C2. The number of nitrogens with zero attached hydrogens (tertiary/aromatic N) is 3. The van der Waals surface area contributed by atoms with Crippen molar-refractivity contribution in [3.63, 3.8) is 0 Å². The van der Waals surface area contributed by atoms with Gasteiger partial charge in [0.1, 0.15) is 16.5 Å². The summed E-state index contributed by atoms with van der Waals surface area (Å²) < 4.78 is 0. The molecule has 3 saturated heterocycles. The first-order valence-corrected chi connectivity index (χ1v) is 12.4. The van der Waals surface area contributed by atoms with Gasteiger partial charge in [0.15, 0.2) is 0 Å². The number of amides is 3. The van der Waals surface area contributed by atoms with Gasteiger partial charge in [0, 0.05) is 33.8 Å². The number of halogens is 4. The molecule has 1 aromatic heterocycles. The van der Waals surface area contributed by atoms with Crippen LogP contribution in [0.25, 0.3) is 0 Å². The van der Waals surface area contributed by atoms with E-state index in [-0.39, 0.29) is 39.4 Å². The fourth-order valence-corrected chi connectivity index (χ4v) is 8.02. The molecule has 5 unspecified atom stereocenters. The second-order valence-electron chi connectivity index (χ2n) is 10.1. The van der Waals surface area contributed by atoms with Gasteiger partial charge >= 0.3 is 0 Å². The molecule has 7 rings (SSSR count). The first-order valence-electron chi connectivity index (χ1n) is 10.9. The van der Waals surface area contributed by atoms with Gasteiger partial charge in [-0.3, -0.25) is 19.3 Å². The molecule has 1 N–H and O–H groups in total. The Hall–Kier alpha value is -1.90. The van der Waals surface area contributed by atoms with Gasteiger partial charge in [0.05, 0.1) is 22.5 Å². The zero-order valence-electron chi connectivity index (χ0n) is 17.6. The predicted molar refractivity (Wildman–Crippen MR) is 127 cm³/mol. The van der Waals surface area contributed by atoms with Crippen molar-refractivity contribution in [1.29, 1.82) is 0 Å². The van der Waals surface area contributed by atoms with E-state index in [2.05, 4.69) is 22.1 Å². The van der Waals surface area contributed by atoms with E-state index in [1.807, 2.05) is 0 Å². The zero-order valence-corrected chi connectivity index (χ0v) is 20.6. The quantitative estimate of drug-likeness (QED) is 0.427. The molecule has 1 spiro atoms. The smallest absolute Gasteiger partial charge is 0.250 e. The molecule has 34 heavy (non-hydrogen) atoms. The maximum absolute atomic E-state index is 14.0. The average Bonchev–Trinajstić information content (AvgIpc) is 2.98. The van der Waals surface area contributed by atoms with Crippen LogP contribution in [0.4, 0.5) is 11.5 Å². The zero-order chi connectivity index (χ0) is 23.9. The Kier molecular flexibility index (Phi) is 4.06. The maximum Gasteiger partial charge on any atom is 0.250 e. The fourth-order valence-electron chi connectivity index (χ4n) is 7.02. The van der Waals surface area contributed by atoms with Crippen molar-refractivity contribution in [1.82, 2.24) is 9.88 Å². The Morgan fingerprint density at radius 1 is 1.00 bits per heavy atom. The van der Waals surface area contributed by atoms with Crippen LogP contribution >= 0.6 is 46.4 Å². The molecule has 4 aliphatic heterocycles. The molecule has 5 aliphatic rings. The minimum Gasteiger partial charge on any atom is -0.323 e. The number of imide groups is 1. The molecule has 1 aromatic carbocycles. The van der Waals surface area contributed by atoms with Crippen molar-refractivity contribution in [2.75, 3.05) is 10.2 Å². The van der Waals surface area contributed by atoms with Crippen LogP contribution in [-0.4, -0.2) is 39.7 Å². The van der Waals surface area contributed by atoms with Gasteiger partial charge in [-0.25, -0.2) is 9.88 Å². The highest BCUT2D eigenvalue weighted by atomic mass is 35.5. The molecule has 174 valence electrons. The van der Waals surface area contributed by atoms with E-state index >= 15 is 0 Å². The summed E-state index contributed by atoms with van der Waals surface area (Å²) in [5, 5.41) is 3.86. The van der Waals surface area contributed by atoms with Crippen LogP contribution in [-0.2, 0) is 19.9 Å². The number of benzene rings is 1. The average molecular weight is 538 g/mol. The lowest BCUT2D eigenvalue weighted by molar-refractivity contribution is -0.136. The van der Waals surface area contributed by atoms with Crippen LogP contribution in [0.2, 0.25) is 20.2 Å². The van der Waals surface area contributed by atoms with Crippen molar-refractivity contribution in [2.45, 2.75) is 37.4 Å². The highest BCUT2D eigenvalue weighted by Crippen LogP contribution is 2.71. The monoisotopic (exact) mass is 536 g/mol. The van der Waals surface area contributed by atoms with Crippen molar-refractivity contribution in [3.8, 4) is 0 Å². The number of carbonyl (C=O) groups is 3. The lowest BCUT2D eigenvalue weighted by Crippen LogP contribution is -2.55.